The maximum Gasteiger partial charge on any atom is 0.332 e. The van der Waals surface area contributed by atoms with Gasteiger partial charge in [0.1, 0.15) is 11.0 Å². The topological polar surface area (TPSA) is 58.7 Å². The Morgan fingerprint density at radius 3 is 2.00 bits per heavy atom. The molecule has 0 spiro atoms. The molecule has 0 amide bonds. The second-order valence-corrected chi connectivity index (χ2v) is 10.3. The zero-order valence-electron chi connectivity index (χ0n) is 20.0. The van der Waals surface area contributed by atoms with E-state index in [-0.39, 0.29) is 12.6 Å². The summed E-state index contributed by atoms with van der Waals surface area (Å²) in [5.74, 6) is -0.409. The largest absolute Gasteiger partial charge is 0.464 e. The average Bonchev–Trinajstić information content (AvgIpc) is 3.42. The van der Waals surface area contributed by atoms with Gasteiger partial charge in [-0.15, -0.1) is 0 Å². The van der Waals surface area contributed by atoms with Crippen LogP contribution in [0, 0.1) is 6.92 Å². The Balaban J connectivity index is 1.77. The van der Waals surface area contributed by atoms with Crippen LogP contribution in [0.25, 0.3) is 0 Å². The Bertz CT molecular complexity index is 1150. The summed E-state index contributed by atoms with van der Waals surface area (Å²) >= 11 is 0. The zero-order chi connectivity index (χ0) is 24.3. The van der Waals surface area contributed by atoms with Gasteiger partial charge in [0, 0.05) is 16.7 Å². The molecule has 1 saturated heterocycles. The van der Waals surface area contributed by atoms with Crippen molar-refractivity contribution in [2.45, 2.75) is 50.2 Å². The highest BCUT2D eigenvalue weighted by Crippen LogP contribution is 2.47. The van der Waals surface area contributed by atoms with Gasteiger partial charge in [0.05, 0.1) is 23.3 Å². The van der Waals surface area contributed by atoms with Crippen molar-refractivity contribution in [1.82, 2.24) is 4.31 Å². The van der Waals surface area contributed by atoms with Crippen molar-refractivity contribution in [2.24, 2.45) is 4.99 Å². The second kappa shape index (κ2) is 10.0. The Labute approximate surface area is 204 Å². The molecule has 2 unspecified atom stereocenters. The van der Waals surface area contributed by atoms with Crippen molar-refractivity contribution >= 4 is 22.7 Å². The van der Waals surface area contributed by atoms with Crippen LogP contribution in [0.5, 0.6) is 0 Å². The third-order valence-electron chi connectivity index (χ3n) is 6.07. The molecule has 1 heterocycles. The van der Waals surface area contributed by atoms with E-state index in [0.717, 1.165) is 16.7 Å². The van der Waals surface area contributed by atoms with Gasteiger partial charge >= 0.3 is 5.97 Å². The Morgan fingerprint density at radius 2 is 1.50 bits per heavy atom. The number of rotatable bonds is 8. The minimum Gasteiger partial charge on any atom is -0.464 e. The summed E-state index contributed by atoms with van der Waals surface area (Å²) in [7, 11) is -1.42. The second-order valence-electron chi connectivity index (χ2n) is 8.89. The first-order valence-electron chi connectivity index (χ1n) is 11.5. The fourth-order valence-electron chi connectivity index (χ4n) is 4.21. The maximum atomic E-state index is 13.5. The lowest BCUT2D eigenvalue weighted by molar-refractivity contribution is -0.144. The minimum absolute atomic E-state index is 0.255. The number of hydrogen-bond donors (Lipinski definition) is 0. The van der Waals surface area contributed by atoms with Gasteiger partial charge in [-0.25, -0.2) is 13.3 Å². The van der Waals surface area contributed by atoms with Crippen molar-refractivity contribution in [3.05, 3.63) is 102 Å². The van der Waals surface area contributed by atoms with Crippen LogP contribution in [0.4, 0.5) is 0 Å². The smallest absolute Gasteiger partial charge is 0.332 e. The van der Waals surface area contributed by atoms with E-state index in [1.807, 2.05) is 110 Å². The summed E-state index contributed by atoms with van der Waals surface area (Å²) < 4.78 is 20.8. The summed E-state index contributed by atoms with van der Waals surface area (Å²) in [6, 6.07) is 26.1. The molecule has 0 aromatic heterocycles. The molecule has 3 aromatic carbocycles. The van der Waals surface area contributed by atoms with Crippen molar-refractivity contribution in [2.75, 3.05) is 6.61 Å². The molecule has 3 aromatic rings. The predicted octanol–water partition coefficient (Wildman–Crippen LogP) is 4.95. The number of nitrogens with zero attached hydrogens (tertiary/aromatic N) is 2. The Morgan fingerprint density at radius 1 is 0.971 bits per heavy atom. The van der Waals surface area contributed by atoms with Crippen molar-refractivity contribution < 1.29 is 13.7 Å². The molecule has 4 rings (SSSR count). The van der Waals surface area contributed by atoms with Gasteiger partial charge in [-0.2, -0.15) is 0 Å². The maximum absolute atomic E-state index is 13.5. The molecule has 5 nitrogen and oxygen atoms in total. The van der Waals surface area contributed by atoms with Crippen LogP contribution >= 0.6 is 0 Å². The molecule has 4 atom stereocenters. The lowest BCUT2D eigenvalue weighted by Gasteiger charge is -2.15. The molecule has 6 heteroatoms. The molecule has 1 aliphatic heterocycles. The van der Waals surface area contributed by atoms with Crippen LogP contribution < -0.4 is 0 Å². The van der Waals surface area contributed by atoms with Crippen LogP contribution in [0.3, 0.4) is 0 Å². The van der Waals surface area contributed by atoms with E-state index in [0.29, 0.717) is 10.6 Å². The number of aryl methyl sites for hydroxylation is 1. The first kappa shape index (κ1) is 24.0. The predicted molar refractivity (Wildman–Crippen MR) is 136 cm³/mol. The summed E-state index contributed by atoms with van der Waals surface area (Å²) in [6.45, 7) is 8.03. The molecule has 0 radical (unpaired) electrons. The molecule has 0 aliphatic carbocycles. The third-order valence-corrected chi connectivity index (χ3v) is 7.80. The number of ether oxygens (including phenoxy) is 1. The number of carbonyl (C=O) groups excluding carboxylic acids is 1. The highest BCUT2D eigenvalue weighted by atomic mass is 32.2. The summed E-state index contributed by atoms with van der Waals surface area (Å²) in [6.07, 6.45) is 0. The molecule has 0 saturated carbocycles. The lowest BCUT2D eigenvalue weighted by atomic mass is 10.00. The molecule has 0 bridgehead atoms. The van der Waals surface area contributed by atoms with Crippen LogP contribution in [-0.4, -0.2) is 44.4 Å². The highest BCUT2D eigenvalue weighted by molar-refractivity contribution is 7.83. The van der Waals surface area contributed by atoms with Gasteiger partial charge < -0.3 is 4.74 Å². The molecule has 1 fully saturated rings. The first-order valence-corrected chi connectivity index (χ1v) is 12.6. The first-order chi connectivity index (χ1) is 16.3. The normalized spacial score (nSPS) is 20.1. The number of aliphatic imine (C=N–C) groups is 1. The molecular weight excluding hydrogens is 444 g/mol. The van der Waals surface area contributed by atoms with Gasteiger partial charge in [-0.1, -0.05) is 78.4 Å². The van der Waals surface area contributed by atoms with Gasteiger partial charge in [-0.3, -0.25) is 4.99 Å². The van der Waals surface area contributed by atoms with Gasteiger partial charge in [-0.05, 0) is 39.8 Å². The van der Waals surface area contributed by atoms with Crippen LogP contribution in [0.2, 0.25) is 0 Å². The number of esters is 1. The van der Waals surface area contributed by atoms with Gasteiger partial charge in [0.15, 0.2) is 6.04 Å². The fourth-order valence-corrected chi connectivity index (χ4v) is 5.87. The average molecular weight is 475 g/mol. The minimum atomic E-state index is -1.42. The third kappa shape index (κ3) is 4.88. The van der Waals surface area contributed by atoms with E-state index in [4.69, 9.17) is 9.73 Å². The standard InChI is InChI=1S/C28H30N2O3S/c1-5-33-27(31)25(26-28(3,4)30(26)34(32)23-18-16-20(2)17-19-23)29-24(21-12-8-6-9-13-21)22-14-10-7-11-15-22/h6-19,25-26H,5H2,1-4H3/t25-,26+,30?,34?/m0/s1. The Kier molecular flexibility index (Phi) is 7.10. The SMILES string of the molecule is CCOC(=O)[C@@H](N=C(c1ccccc1)c1ccccc1)[C@H]1N(S(=O)c2ccc(C)cc2)C1(C)C. The zero-order valence-corrected chi connectivity index (χ0v) is 20.8. The summed E-state index contributed by atoms with van der Waals surface area (Å²) in [4.78, 5) is 18.9. The quantitative estimate of drug-likeness (QED) is 0.264. The Hall–Kier alpha value is -3.09. The van der Waals surface area contributed by atoms with Crippen molar-refractivity contribution in [3.8, 4) is 0 Å². The highest BCUT2D eigenvalue weighted by Gasteiger charge is 2.64. The van der Waals surface area contributed by atoms with Crippen LogP contribution in [-0.2, 0) is 20.5 Å². The van der Waals surface area contributed by atoms with Crippen LogP contribution in [0.15, 0.2) is 94.8 Å². The summed E-state index contributed by atoms with van der Waals surface area (Å²) in [5.41, 5.74) is 3.14. The number of hydrogen-bond acceptors (Lipinski definition) is 4. The van der Waals surface area contributed by atoms with Crippen molar-refractivity contribution in [3.63, 3.8) is 0 Å². The monoisotopic (exact) mass is 474 g/mol. The number of carbonyl (C=O) groups is 1. The molecular formula is C28H30N2O3S. The van der Waals surface area contributed by atoms with E-state index in [9.17, 15) is 9.00 Å². The molecule has 1 aliphatic rings. The lowest BCUT2D eigenvalue weighted by Crippen LogP contribution is -2.32. The van der Waals surface area contributed by atoms with Gasteiger partial charge in [0.25, 0.3) is 0 Å². The molecule has 0 N–H and O–H groups in total. The molecule has 34 heavy (non-hydrogen) atoms. The molecule has 176 valence electrons. The van der Waals surface area contributed by atoms with E-state index in [2.05, 4.69) is 0 Å². The summed E-state index contributed by atoms with van der Waals surface area (Å²) in [5, 5.41) is 0. The van der Waals surface area contributed by atoms with E-state index < -0.39 is 28.5 Å². The van der Waals surface area contributed by atoms with Gasteiger partial charge in [0.2, 0.25) is 0 Å². The van der Waals surface area contributed by atoms with E-state index >= 15 is 0 Å². The van der Waals surface area contributed by atoms with Crippen molar-refractivity contribution in [1.29, 1.82) is 0 Å². The van der Waals surface area contributed by atoms with Crippen LogP contribution in [0.1, 0.15) is 37.5 Å². The van der Waals surface area contributed by atoms with E-state index in [1.165, 1.54) is 0 Å². The fraction of sp³-hybridized carbons (Fsp3) is 0.286. The number of benzene rings is 3. The van der Waals surface area contributed by atoms with E-state index in [1.54, 1.807) is 6.92 Å².